The molecule has 0 saturated heterocycles. The third-order valence-corrected chi connectivity index (χ3v) is 4.29. The van der Waals surface area contributed by atoms with Gasteiger partial charge in [-0.1, -0.05) is 19.9 Å². The molecule has 0 saturated carbocycles. The zero-order valence-corrected chi connectivity index (χ0v) is 12.7. The summed E-state index contributed by atoms with van der Waals surface area (Å²) >= 11 is 0. The monoisotopic (exact) mass is 288 g/mol. The Bertz CT molecular complexity index is 655. The molecule has 0 aliphatic heterocycles. The predicted octanol–water partition coefficient (Wildman–Crippen LogP) is 2.83. The second-order valence-corrected chi connectivity index (χ2v) is 6.46. The van der Waals surface area contributed by atoms with E-state index in [0.29, 0.717) is 11.1 Å². The van der Waals surface area contributed by atoms with Gasteiger partial charge in [-0.15, -0.1) is 0 Å². The van der Waals surface area contributed by atoms with Gasteiger partial charge in [0, 0.05) is 11.8 Å². The maximum absolute atomic E-state index is 11.8. The van der Waals surface area contributed by atoms with E-state index in [1.54, 1.807) is 26.0 Å². The molecule has 0 bridgehead atoms. The fraction of sp³-hybridized carbons (Fsp3) is 0.412. The Kier molecular flexibility index (Phi) is 3.54. The fourth-order valence-electron chi connectivity index (χ4n) is 3.23. The van der Waals surface area contributed by atoms with Crippen LogP contribution in [0.1, 0.15) is 48.7 Å². The Hall–Kier alpha value is -1.94. The average molecular weight is 288 g/mol. The molecule has 1 aliphatic carbocycles. The van der Waals surface area contributed by atoms with E-state index < -0.39 is 17.0 Å². The molecule has 1 aliphatic rings. The number of ketones is 1. The molecule has 4 nitrogen and oxygen atoms in total. The summed E-state index contributed by atoms with van der Waals surface area (Å²) in [6.07, 6.45) is 1.67. The molecule has 0 radical (unpaired) electrons. The van der Waals surface area contributed by atoms with Crippen LogP contribution in [0.3, 0.4) is 0 Å². The normalized spacial score (nSPS) is 24.6. The average Bonchev–Trinajstić information content (AvgIpc) is 2.34. The second-order valence-electron chi connectivity index (χ2n) is 6.46. The van der Waals surface area contributed by atoms with Crippen LogP contribution >= 0.6 is 0 Å². The quantitative estimate of drug-likeness (QED) is 0.877. The highest BCUT2D eigenvalue weighted by Crippen LogP contribution is 2.50. The summed E-state index contributed by atoms with van der Waals surface area (Å²) < 4.78 is 0. The number of aliphatic hydroxyl groups is 1. The van der Waals surface area contributed by atoms with Gasteiger partial charge in [-0.2, -0.15) is 0 Å². The number of hydrogen-bond donors (Lipinski definition) is 2. The van der Waals surface area contributed by atoms with Crippen molar-refractivity contribution in [3.05, 3.63) is 46.5 Å². The molecule has 4 heteroatoms. The standard InChI is InChI=1S/C17H20O4/c1-10-5-12(15(19)20)8-13(6-10)17(21)11(2)7-14(18)9-16(17,3)4/h5-8,21H,9H2,1-4H3,(H,19,20). The van der Waals surface area contributed by atoms with E-state index >= 15 is 0 Å². The van der Waals surface area contributed by atoms with Gasteiger partial charge in [-0.05, 0) is 48.8 Å². The Labute approximate surface area is 124 Å². The zero-order chi connectivity index (χ0) is 16.0. The van der Waals surface area contributed by atoms with Crippen LogP contribution in [0.5, 0.6) is 0 Å². The number of aromatic carboxylic acids is 1. The number of allylic oxidation sites excluding steroid dienone is 1. The minimum absolute atomic E-state index is 0.0201. The fourth-order valence-corrected chi connectivity index (χ4v) is 3.23. The van der Waals surface area contributed by atoms with E-state index in [4.69, 9.17) is 0 Å². The molecule has 1 aromatic carbocycles. The van der Waals surface area contributed by atoms with Crippen LogP contribution in [0.2, 0.25) is 0 Å². The molecule has 1 aromatic rings. The van der Waals surface area contributed by atoms with Crippen molar-refractivity contribution in [3.63, 3.8) is 0 Å². The first-order valence-corrected chi connectivity index (χ1v) is 6.87. The lowest BCUT2D eigenvalue weighted by molar-refractivity contribution is -0.124. The van der Waals surface area contributed by atoms with Crippen molar-refractivity contribution >= 4 is 11.8 Å². The predicted molar refractivity (Wildman–Crippen MR) is 79.2 cm³/mol. The molecule has 2 N–H and O–H groups in total. The van der Waals surface area contributed by atoms with Crippen LogP contribution in [0, 0.1) is 12.3 Å². The van der Waals surface area contributed by atoms with Gasteiger partial charge in [-0.3, -0.25) is 4.79 Å². The van der Waals surface area contributed by atoms with Crippen molar-refractivity contribution in [3.8, 4) is 0 Å². The number of hydrogen-bond acceptors (Lipinski definition) is 3. The highest BCUT2D eigenvalue weighted by Gasteiger charge is 2.49. The van der Waals surface area contributed by atoms with Crippen molar-refractivity contribution in [2.75, 3.05) is 0 Å². The van der Waals surface area contributed by atoms with Crippen molar-refractivity contribution in [2.24, 2.45) is 5.41 Å². The molecule has 0 amide bonds. The van der Waals surface area contributed by atoms with Gasteiger partial charge in [0.2, 0.25) is 0 Å². The lowest BCUT2D eigenvalue weighted by Crippen LogP contribution is -2.47. The van der Waals surface area contributed by atoms with E-state index in [0.717, 1.165) is 5.56 Å². The summed E-state index contributed by atoms with van der Waals surface area (Å²) in [6, 6.07) is 4.83. The van der Waals surface area contributed by atoms with Crippen LogP contribution in [0.15, 0.2) is 29.8 Å². The number of benzene rings is 1. The molecule has 21 heavy (non-hydrogen) atoms. The van der Waals surface area contributed by atoms with Crippen LogP contribution in [0.25, 0.3) is 0 Å². The smallest absolute Gasteiger partial charge is 0.335 e. The number of carbonyl (C=O) groups is 2. The van der Waals surface area contributed by atoms with Gasteiger partial charge in [0.1, 0.15) is 5.60 Å². The summed E-state index contributed by atoms with van der Waals surface area (Å²) in [5.41, 5.74) is -0.0848. The molecule has 1 atom stereocenters. The van der Waals surface area contributed by atoms with E-state index in [1.807, 2.05) is 13.8 Å². The third kappa shape index (κ3) is 2.40. The number of rotatable bonds is 2. The number of carboxylic acid groups (broad SMARTS) is 1. The number of carbonyl (C=O) groups excluding carboxylic acids is 1. The molecule has 0 spiro atoms. The molecule has 0 fully saturated rings. The Morgan fingerprint density at radius 2 is 1.81 bits per heavy atom. The van der Waals surface area contributed by atoms with Gasteiger partial charge in [0.25, 0.3) is 0 Å². The van der Waals surface area contributed by atoms with Crippen molar-refractivity contribution in [1.29, 1.82) is 0 Å². The molecule has 2 rings (SSSR count). The first-order chi connectivity index (χ1) is 9.58. The highest BCUT2D eigenvalue weighted by molar-refractivity contribution is 5.93. The number of aryl methyl sites for hydroxylation is 1. The Balaban J connectivity index is 2.71. The summed E-state index contributed by atoms with van der Waals surface area (Å²) in [6.45, 7) is 7.15. The van der Waals surface area contributed by atoms with Crippen molar-refractivity contribution in [1.82, 2.24) is 0 Å². The van der Waals surface area contributed by atoms with Gasteiger partial charge in [-0.25, -0.2) is 4.79 Å². The third-order valence-electron chi connectivity index (χ3n) is 4.29. The minimum Gasteiger partial charge on any atom is -0.478 e. The maximum atomic E-state index is 11.8. The van der Waals surface area contributed by atoms with Crippen LogP contribution in [-0.4, -0.2) is 22.0 Å². The van der Waals surface area contributed by atoms with E-state index in [9.17, 15) is 19.8 Å². The zero-order valence-electron chi connectivity index (χ0n) is 12.7. The molecular formula is C17H20O4. The lowest BCUT2D eigenvalue weighted by Gasteiger charge is -2.46. The molecule has 0 heterocycles. The number of carboxylic acids is 1. The minimum atomic E-state index is -1.35. The Morgan fingerprint density at radius 3 is 2.33 bits per heavy atom. The van der Waals surface area contributed by atoms with Crippen LogP contribution < -0.4 is 0 Å². The van der Waals surface area contributed by atoms with Gasteiger partial charge < -0.3 is 10.2 Å². The van der Waals surface area contributed by atoms with E-state index in [2.05, 4.69) is 0 Å². The van der Waals surface area contributed by atoms with Gasteiger partial charge >= 0.3 is 5.97 Å². The highest BCUT2D eigenvalue weighted by atomic mass is 16.4. The summed E-state index contributed by atoms with van der Waals surface area (Å²) in [4.78, 5) is 23.0. The topological polar surface area (TPSA) is 74.6 Å². The van der Waals surface area contributed by atoms with E-state index in [1.165, 1.54) is 12.1 Å². The van der Waals surface area contributed by atoms with Crippen molar-refractivity contribution in [2.45, 2.75) is 39.7 Å². The van der Waals surface area contributed by atoms with Gasteiger partial charge in [0.15, 0.2) is 5.78 Å². The van der Waals surface area contributed by atoms with Gasteiger partial charge in [0.05, 0.1) is 5.56 Å². The largest absolute Gasteiger partial charge is 0.478 e. The maximum Gasteiger partial charge on any atom is 0.335 e. The van der Waals surface area contributed by atoms with Crippen molar-refractivity contribution < 1.29 is 19.8 Å². The summed E-state index contributed by atoms with van der Waals surface area (Å²) in [5, 5.41) is 20.5. The SMILES string of the molecule is CC1=CC(=O)CC(C)(C)C1(O)c1cc(C)cc(C(=O)O)c1. The Morgan fingerprint density at radius 1 is 1.19 bits per heavy atom. The van der Waals surface area contributed by atoms with Crippen LogP contribution in [0.4, 0.5) is 0 Å². The molecule has 1 unspecified atom stereocenters. The lowest BCUT2D eigenvalue weighted by atomic mass is 9.61. The van der Waals surface area contributed by atoms with E-state index in [-0.39, 0.29) is 17.8 Å². The summed E-state index contributed by atoms with van der Waals surface area (Å²) in [5.74, 6) is -1.05. The second kappa shape index (κ2) is 4.81. The summed E-state index contributed by atoms with van der Waals surface area (Å²) in [7, 11) is 0. The first kappa shape index (κ1) is 15.4. The van der Waals surface area contributed by atoms with Crippen LogP contribution in [-0.2, 0) is 10.4 Å². The molecule has 0 aromatic heterocycles. The molecular weight excluding hydrogens is 268 g/mol. The first-order valence-electron chi connectivity index (χ1n) is 6.87. The molecule has 112 valence electrons.